The first kappa shape index (κ1) is 21.9. The number of fused-ring (bicyclic) bond motifs is 1. The molecule has 0 aliphatic carbocycles. The van der Waals surface area contributed by atoms with E-state index >= 15 is 0 Å². The summed E-state index contributed by atoms with van der Waals surface area (Å²) in [5.74, 6) is 0.0970. The number of nitrogens with one attached hydrogen (secondary N) is 2. The minimum absolute atomic E-state index is 0.102. The molecule has 2 heterocycles. The fourth-order valence-electron chi connectivity index (χ4n) is 4.56. The van der Waals surface area contributed by atoms with Crippen molar-refractivity contribution in [2.75, 3.05) is 18.4 Å². The summed E-state index contributed by atoms with van der Waals surface area (Å²) >= 11 is 0. The Balaban J connectivity index is 1.32. The highest BCUT2D eigenvalue weighted by Crippen LogP contribution is 2.30. The molecule has 0 saturated carbocycles. The van der Waals surface area contributed by atoms with Gasteiger partial charge in [-0.15, -0.1) is 0 Å². The Kier molecular flexibility index (Phi) is 6.14. The third-order valence-electron chi connectivity index (χ3n) is 6.36. The number of pyridine rings is 1. The van der Waals surface area contributed by atoms with Crippen LogP contribution in [0.5, 0.6) is 5.75 Å². The van der Waals surface area contributed by atoms with E-state index in [4.69, 9.17) is 0 Å². The highest BCUT2D eigenvalue weighted by molar-refractivity contribution is 6.08. The predicted octanol–water partition coefficient (Wildman–Crippen LogP) is 5.00. The van der Waals surface area contributed by atoms with Gasteiger partial charge in [-0.3, -0.25) is 14.7 Å². The van der Waals surface area contributed by atoms with E-state index in [1.807, 2.05) is 43.3 Å². The van der Waals surface area contributed by atoms with E-state index in [0.29, 0.717) is 11.1 Å². The molecule has 1 fully saturated rings. The molecule has 1 aliphatic rings. The first-order valence-corrected chi connectivity index (χ1v) is 11.6. The zero-order valence-corrected chi connectivity index (χ0v) is 19.2. The van der Waals surface area contributed by atoms with Crippen molar-refractivity contribution in [1.82, 2.24) is 15.2 Å². The van der Waals surface area contributed by atoms with Gasteiger partial charge in [0, 0.05) is 54.7 Å². The average Bonchev–Trinajstić information content (AvgIpc) is 3.28. The van der Waals surface area contributed by atoms with Crippen LogP contribution in [-0.4, -0.2) is 40.0 Å². The molecule has 5 rings (SSSR count). The van der Waals surface area contributed by atoms with E-state index in [1.54, 1.807) is 18.3 Å². The number of phenolic OH excluding ortho intramolecular Hbond substituents is 1. The van der Waals surface area contributed by atoms with E-state index in [-0.39, 0.29) is 17.7 Å². The Morgan fingerprint density at radius 2 is 1.91 bits per heavy atom. The molecule has 0 unspecified atom stereocenters. The van der Waals surface area contributed by atoms with Crippen molar-refractivity contribution in [1.29, 1.82) is 0 Å². The van der Waals surface area contributed by atoms with Crippen LogP contribution in [0.15, 0.2) is 79.0 Å². The fraction of sp³-hybridized carbons (Fsp3) is 0.214. The van der Waals surface area contributed by atoms with Gasteiger partial charge < -0.3 is 15.7 Å². The van der Waals surface area contributed by atoms with Crippen molar-refractivity contribution >= 4 is 28.2 Å². The second kappa shape index (κ2) is 9.53. The second-order valence-electron chi connectivity index (χ2n) is 8.86. The highest BCUT2D eigenvalue weighted by atomic mass is 16.3. The van der Waals surface area contributed by atoms with Gasteiger partial charge in [-0.1, -0.05) is 48.5 Å². The predicted molar refractivity (Wildman–Crippen MR) is 135 cm³/mol. The van der Waals surface area contributed by atoms with Crippen LogP contribution in [0, 0.1) is 6.92 Å². The van der Waals surface area contributed by atoms with Gasteiger partial charge in [0.15, 0.2) is 0 Å². The summed E-state index contributed by atoms with van der Waals surface area (Å²) in [7, 11) is 0. The van der Waals surface area contributed by atoms with Crippen LogP contribution in [0.25, 0.3) is 10.9 Å². The third kappa shape index (κ3) is 4.72. The Hall–Kier alpha value is -3.90. The molecular weight excluding hydrogens is 424 g/mol. The van der Waals surface area contributed by atoms with Crippen LogP contribution >= 0.6 is 0 Å². The standard InChI is InChI=1S/C28H28N4O2/c1-19-10-11-22(33)16-26(19)31-25-12-14-29-27-23(25)8-5-9-24(27)28(34)30-21-13-15-32(18-21)17-20-6-3-2-4-7-20/h2-12,14,16,21,33H,13,15,17-18H2,1H3,(H,29,31)(H,30,34)/t21-/m1/s1. The van der Waals surface area contributed by atoms with Gasteiger partial charge in [0.05, 0.1) is 11.1 Å². The maximum atomic E-state index is 13.2. The van der Waals surface area contributed by atoms with Gasteiger partial charge in [-0.2, -0.15) is 0 Å². The lowest BCUT2D eigenvalue weighted by atomic mass is 10.1. The first-order chi connectivity index (χ1) is 16.6. The average molecular weight is 453 g/mol. The number of phenols is 1. The smallest absolute Gasteiger partial charge is 0.253 e. The summed E-state index contributed by atoms with van der Waals surface area (Å²) in [5.41, 5.74) is 5.17. The number of anilines is 2. The van der Waals surface area contributed by atoms with Gasteiger partial charge in [0.2, 0.25) is 0 Å². The SMILES string of the molecule is Cc1ccc(O)cc1Nc1ccnc2c(C(=O)N[C@@H]3CCN(Cc4ccccc4)C3)cccc12. The number of carbonyl (C=O) groups is 1. The van der Waals surface area contributed by atoms with Gasteiger partial charge >= 0.3 is 0 Å². The van der Waals surface area contributed by atoms with Crippen LogP contribution in [0.4, 0.5) is 11.4 Å². The molecule has 1 aliphatic heterocycles. The molecule has 172 valence electrons. The van der Waals surface area contributed by atoms with Crippen molar-refractivity contribution < 1.29 is 9.90 Å². The quantitative estimate of drug-likeness (QED) is 0.384. The molecule has 3 aromatic carbocycles. The third-order valence-corrected chi connectivity index (χ3v) is 6.36. The molecule has 1 amide bonds. The number of para-hydroxylation sites is 1. The van der Waals surface area contributed by atoms with E-state index in [1.165, 1.54) is 5.56 Å². The maximum absolute atomic E-state index is 13.2. The van der Waals surface area contributed by atoms with Crippen molar-refractivity contribution in [3.63, 3.8) is 0 Å². The Morgan fingerprint density at radius 1 is 1.06 bits per heavy atom. The lowest BCUT2D eigenvalue weighted by Crippen LogP contribution is -2.37. The molecule has 1 saturated heterocycles. The number of hydrogen-bond donors (Lipinski definition) is 3. The number of aromatic hydroxyl groups is 1. The normalized spacial score (nSPS) is 16.0. The minimum Gasteiger partial charge on any atom is -0.508 e. The summed E-state index contributed by atoms with van der Waals surface area (Å²) in [4.78, 5) is 20.1. The van der Waals surface area contributed by atoms with Crippen LogP contribution < -0.4 is 10.6 Å². The van der Waals surface area contributed by atoms with Crippen molar-refractivity contribution in [3.05, 3.63) is 95.7 Å². The molecule has 1 atom stereocenters. The number of carbonyl (C=O) groups excluding carboxylic acids is 1. The lowest BCUT2D eigenvalue weighted by molar-refractivity contribution is 0.0939. The number of hydrogen-bond acceptors (Lipinski definition) is 5. The fourth-order valence-corrected chi connectivity index (χ4v) is 4.56. The summed E-state index contributed by atoms with van der Waals surface area (Å²) in [6.07, 6.45) is 2.64. The molecule has 0 bridgehead atoms. The van der Waals surface area contributed by atoms with Crippen LogP contribution in [-0.2, 0) is 6.54 Å². The number of benzene rings is 3. The number of likely N-dealkylation sites (tertiary alicyclic amines) is 1. The zero-order valence-electron chi connectivity index (χ0n) is 19.2. The lowest BCUT2D eigenvalue weighted by Gasteiger charge is -2.17. The molecular formula is C28H28N4O2. The summed E-state index contributed by atoms with van der Waals surface area (Å²) in [6.45, 7) is 4.67. The molecule has 0 spiro atoms. The Bertz CT molecular complexity index is 1320. The van der Waals surface area contributed by atoms with Crippen molar-refractivity contribution in [2.24, 2.45) is 0 Å². The van der Waals surface area contributed by atoms with Gasteiger partial charge in [0.1, 0.15) is 5.75 Å². The molecule has 6 nitrogen and oxygen atoms in total. The van der Waals surface area contributed by atoms with Gasteiger partial charge in [0.25, 0.3) is 5.91 Å². The maximum Gasteiger partial charge on any atom is 0.253 e. The molecule has 34 heavy (non-hydrogen) atoms. The number of amides is 1. The number of aromatic nitrogens is 1. The van der Waals surface area contributed by atoms with E-state index in [9.17, 15) is 9.90 Å². The second-order valence-corrected chi connectivity index (χ2v) is 8.86. The van der Waals surface area contributed by atoms with Gasteiger partial charge in [-0.05, 0) is 42.7 Å². The van der Waals surface area contributed by atoms with E-state index in [0.717, 1.165) is 48.4 Å². The Morgan fingerprint density at radius 3 is 2.76 bits per heavy atom. The largest absolute Gasteiger partial charge is 0.508 e. The summed E-state index contributed by atoms with van der Waals surface area (Å²) in [6, 6.07) is 23.3. The number of nitrogens with zero attached hydrogens (tertiary/aromatic N) is 2. The van der Waals surface area contributed by atoms with E-state index < -0.39 is 0 Å². The monoisotopic (exact) mass is 452 g/mol. The van der Waals surface area contributed by atoms with Crippen LogP contribution in [0.3, 0.4) is 0 Å². The van der Waals surface area contributed by atoms with Crippen LogP contribution in [0.2, 0.25) is 0 Å². The van der Waals surface area contributed by atoms with Gasteiger partial charge in [-0.25, -0.2) is 0 Å². The highest BCUT2D eigenvalue weighted by Gasteiger charge is 2.25. The summed E-state index contributed by atoms with van der Waals surface area (Å²) in [5, 5.41) is 17.3. The molecule has 1 aromatic heterocycles. The molecule has 6 heteroatoms. The molecule has 4 aromatic rings. The van der Waals surface area contributed by atoms with Crippen LogP contribution in [0.1, 0.15) is 27.9 Å². The minimum atomic E-state index is -0.102. The van der Waals surface area contributed by atoms with Crippen molar-refractivity contribution in [2.45, 2.75) is 25.9 Å². The Labute approximate surface area is 199 Å². The molecule has 3 N–H and O–H groups in total. The molecule has 0 radical (unpaired) electrons. The van der Waals surface area contributed by atoms with E-state index in [2.05, 4.69) is 44.8 Å². The first-order valence-electron chi connectivity index (χ1n) is 11.6. The zero-order chi connectivity index (χ0) is 23.5. The number of rotatable bonds is 6. The number of aryl methyl sites for hydroxylation is 1. The van der Waals surface area contributed by atoms with Crippen molar-refractivity contribution in [3.8, 4) is 5.75 Å². The summed E-state index contributed by atoms with van der Waals surface area (Å²) < 4.78 is 0. The topological polar surface area (TPSA) is 77.5 Å².